The average molecular weight is 371 g/mol. The summed E-state index contributed by atoms with van der Waals surface area (Å²) in [4.78, 5) is 27.0. The number of Topliss-reactive ketones (excluding diaryl/α,β-unsaturated/α-hetero) is 2. The maximum Gasteiger partial charge on any atom is 0.201 e. The van der Waals surface area contributed by atoms with Crippen LogP contribution in [0.3, 0.4) is 0 Å². The highest BCUT2D eigenvalue weighted by molar-refractivity contribution is 6.34. The summed E-state index contributed by atoms with van der Waals surface area (Å²) >= 11 is 0. The average Bonchev–Trinajstić information content (AvgIpc) is 2.97. The molecular formula is C24H21NO3. The Labute approximate surface area is 164 Å². The number of methoxy groups -OCH3 is 1. The molecule has 3 aromatic rings. The quantitative estimate of drug-likeness (QED) is 0.664. The van der Waals surface area contributed by atoms with Crippen molar-refractivity contribution in [2.45, 2.75) is 18.9 Å². The van der Waals surface area contributed by atoms with Gasteiger partial charge in [0, 0.05) is 16.8 Å². The molecule has 0 saturated carbocycles. The third kappa shape index (κ3) is 2.69. The fourth-order valence-corrected chi connectivity index (χ4v) is 3.72. The predicted molar refractivity (Wildman–Crippen MR) is 109 cm³/mol. The zero-order valence-corrected chi connectivity index (χ0v) is 15.9. The second kappa shape index (κ2) is 6.97. The summed E-state index contributed by atoms with van der Waals surface area (Å²) in [7, 11) is 1.58. The molecule has 4 rings (SSSR count). The number of benzene rings is 3. The fourth-order valence-electron chi connectivity index (χ4n) is 3.72. The van der Waals surface area contributed by atoms with Crippen molar-refractivity contribution in [3.05, 3.63) is 95.1 Å². The van der Waals surface area contributed by atoms with Crippen LogP contribution in [-0.2, 0) is 12.0 Å². The van der Waals surface area contributed by atoms with Crippen LogP contribution in [0, 0.1) is 0 Å². The van der Waals surface area contributed by atoms with Gasteiger partial charge in [-0.1, -0.05) is 55.5 Å². The third-order valence-electron chi connectivity index (χ3n) is 5.31. The number of nitrogens with one attached hydrogen (secondary N) is 1. The molecule has 0 aliphatic heterocycles. The lowest BCUT2D eigenvalue weighted by Gasteiger charge is -2.29. The first-order valence-corrected chi connectivity index (χ1v) is 9.30. The lowest BCUT2D eigenvalue weighted by Crippen LogP contribution is -2.46. The molecule has 0 radical (unpaired) electrons. The summed E-state index contributed by atoms with van der Waals surface area (Å²) < 4.78 is 5.23. The topological polar surface area (TPSA) is 55.4 Å². The highest BCUT2D eigenvalue weighted by atomic mass is 16.5. The number of hydrogen-bond donors (Lipinski definition) is 1. The molecule has 0 unspecified atom stereocenters. The first-order valence-electron chi connectivity index (χ1n) is 9.30. The molecule has 0 heterocycles. The minimum Gasteiger partial charge on any atom is -0.497 e. The Morgan fingerprint density at radius 2 is 1.39 bits per heavy atom. The maximum absolute atomic E-state index is 13.5. The molecule has 4 nitrogen and oxygen atoms in total. The minimum atomic E-state index is -1.48. The van der Waals surface area contributed by atoms with Gasteiger partial charge < -0.3 is 10.1 Å². The summed E-state index contributed by atoms with van der Waals surface area (Å²) in [6, 6.07) is 21.9. The molecule has 0 aromatic heterocycles. The molecule has 28 heavy (non-hydrogen) atoms. The predicted octanol–water partition coefficient (Wildman–Crippen LogP) is 4.64. The zero-order chi connectivity index (χ0) is 19.7. The smallest absolute Gasteiger partial charge is 0.201 e. The van der Waals surface area contributed by atoms with E-state index in [2.05, 4.69) is 12.2 Å². The number of hydrogen-bond acceptors (Lipinski definition) is 4. The van der Waals surface area contributed by atoms with Crippen molar-refractivity contribution in [3.8, 4) is 5.75 Å². The molecule has 1 aliphatic rings. The molecule has 1 N–H and O–H groups in total. The number of anilines is 1. The maximum atomic E-state index is 13.5. The van der Waals surface area contributed by atoms with Crippen molar-refractivity contribution in [3.63, 3.8) is 0 Å². The van der Waals surface area contributed by atoms with Gasteiger partial charge in [0.15, 0.2) is 5.54 Å². The van der Waals surface area contributed by atoms with Crippen molar-refractivity contribution >= 4 is 17.3 Å². The Morgan fingerprint density at radius 1 is 0.821 bits per heavy atom. The van der Waals surface area contributed by atoms with Gasteiger partial charge in [-0.25, -0.2) is 0 Å². The molecule has 140 valence electrons. The van der Waals surface area contributed by atoms with E-state index < -0.39 is 5.54 Å². The highest BCUT2D eigenvalue weighted by Crippen LogP contribution is 2.41. The monoisotopic (exact) mass is 371 g/mol. The third-order valence-corrected chi connectivity index (χ3v) is 5.31. The molecular weight excluding hydrogens is 350 g/mol. The second-order valence-electron chi connectivity index (χ2n) is 6.86. The van der Waals surface area contributed by atoms with Crippen LogP contribution in [0.15, 0.2) is 72.8 Å². The van der Waals surface area contributed by atoms with Crippen molar-refractivity contribution in [2.75, 3.05) is 12.4 Å². The summed E-state index contributed by atoms with van der Waals surface area (Å²) in [5.74, 6) is 0.192. The lowest BCUT2D eigenvalue weighted by atomic mass is 9.84. The van der Waals surface area contributed by atoms with Crippen molar-refractivity contribution in [2.24, 2.45) is 0 Å². The van der Waals surface area contributed by atoms with E-state index in [1.165, 1.54) is 5.56 Å². The number of aryl methyl sites for hydroxylation is 1. The number of ketones is 2. The molecule has 0 bridgehead atoms. The Bertz CT molecular complexity index is 1000. The van der Waals surface area contributed by atoms with Crippen molar-refractivity contribution < 1.29 is 14.3 Å². The summed E-state index contributed by atoms with van der Waals surface area (Å²) in [5, 5.41) is 3.27. The van der Waals surface area contributed by atoms with Gasteiger partial charge in [0.25, 0.3) is 0 Å². The van der Waals surface area contributed by atoms with E-state index >= 15 is 0 Å². The number of carbonyl (C=O) groups excluding carboxylic acids is 2. The van der Waals surface area contributed by atoms with Crippen LogP contribution >= 0.6 is 0 Å². The second-order valence-corrected chi connectivity index (χ2v) is 6.86. The van der Waals surface area contributed by atoms with E-state index in [0.717, 1.165) is 12.1 Å². The molecule has 0 atom stereocenters. The first-order chi connectivity index (χ1) is 13.6. The summed E-state index contributed by atoms with van der Waals surface area (Å²) in [6.45, 7) is 2.09. The van der Waals surface area contributed by atoms with Crippen LogP contribution < -0.4 is 10.1 Å². The Morgan fingerprint density at radius 3 is 1.89 bits per heavy atom. The largest absolute Gasteiger partial charge is 0.497 e. The first kappa shape index (κ1) is 18.0. The van der Waals surface area contributed by atoms with Gasteiger partial charge in [-0.15, -0.1) is 0 Å². The van der Waals surface area contributed by atoms with Crippen LogP contribution in [0.1, 0.15) is 38.8 Å². The van der Waals surface area contributed by atoms with Gasteiger partial charge in [0.1, 0.15) is 5.75 Å². The molecule has 4 heteroatoms. The van der Waals surface area contributed by atoms with Crippen molar-refractivity contribution in [1.82, 2.24) is 0 Å². The molecule has 0 spiro atoms. The van der Waals surface area contributed by atoms with E-state index in [4.69, 9.17) is 4.74 Å². The SMILES string of the molecule is CCc1ccc(NC2(c3ccc(OC)cc3)C(=O)c3ccccc3C2=O)cc1. The molecule has 0 fully saturated rings. The van der Waals surface area contributed by atoms with Crippen LogP contribution in [0.5, 0.6) is 5.75 Å². The van der Waals surface area contributed by atoms with Crippen molar-refractivity contribution in [1.29, 1.82) is 0 Å². The van der Waals surface area contributed by atoms with E-state index in [1.54, 1.807) is 55.6 Å². The Balaban J connectivity index is 1.86. The molecule has 0 saturated heterocycles. The van der Waals surface area contributed by atoms with Gasteiger partial charge in [0.05, 0.1) is 7.11 Å². The highest BCUT2D eigenvalue weighted by Gasteiger charge is 2.54. The van der Waals surface area contributed by atoms with E-state index in [-0.39, 0.29) is 11.6 Å². The van der Waals surface area contributed by atoms with Gasteiger partial charge in [-0.2, -0.15) is 0 Å². The van der Waals surface area contributed by atoms with Gasteiger partial charge in [0.2, 0.25) is 11.6 Å². The summed E-state index contributed by atoms with van der Waals surface area (Å²) in [5.41, 5.74) is 1.92. The number of carbonyl (C=O) groups is 2. The molecule has 0 amide bonds. The van der Waals surface area contributed by atoms with Crippen LogP contribution in [-0.4, -0.2) is 18.7 Å². The number of rotatable bonds is 5. The summed E-state index contributed by atoms with van der Waals surface area (Å²) in [6.07, 6.45) is 0.924. The number of fused-ring (bicyclic) bond motifs is 1. The van der Waals surface area contributed by atoms with Gasteiger partial charge in [-0.05, 0) is 41.8 Å². The zero-order valence-electron chi connectivity index (χ0n) is 15.9. The van der Waals surface area contributed by atoms with Crippen LogP contribution in [0.4, 0.5) is 5.69 Å². The standard InChI is InChI=1S/C24H21NO3/c1-3-16-8-12-18(13-9-16)25-24(17-10-14-19(28-2)15-11-17)22(26)20-6-4-5-7-21(20)23(24)27/h4-15,25H,3H2,1-2H3. The van der Waals surface area contributed by atoms with E-state index in [0.29, 0.717) is 22.4 Å². The van der Waals surface area contributed by atoms with Crippen LogP contribution in [0.25, 0.3) is 0 Å². The number of ether oxygens (including phenoxy) is 1. The molecule has 3 aromatic carbocycles. The Hall–Kier alpha value is -3.40. The van der Waals surface area contributed by atoms with Gasteiger partial charge >= 0.3 is 0 Å². The van der Waals surface area contributed by atoms with E-state index in [9.17, 15) is 9.59 Å². The normalized spacial score (nSPS) is 14.6. The van der Waals surface area contributed by atoms with E-state index in [1.807, 2.05) is 24.3 Å². The fraction of sp³-hybridized carbons (Fsp3) is 0.167. The van der Waals surface area contributed by atoms with Gasteiger partial charge in [-0.3, -0.25) is 9.59 Å². The lowest BCUT2D eigenvalue weighted by molar-refractivity contribution is 0.0818. The molecule has 1 aliphatic carbocycles. The van der Waals surface area contributed by atoms with Crippen LogP contribution in [0.2, 0.25) is 0 Å². The Kier molecular flexibility index (Phi) is 4.47. The minimum absolute atomic E-state index is 0.238.